The zero-order valence-corrected chi connectivity index (χ0v) is 18.9. The summed E-state index contributed by atoms with van der Waals surface area (Å²) in [6.45, 7) is 8.85. The second kappa shape index (κ2) is 7.93. The van der Waals surface area contributed by atoms with Crippen LogP contribution in [-0.2, 0) is 10.0 Å². The average Bonchev–Trinajstić information content (AvgIpc) is 2.66. The molecule has 1 saturated heterocycles. The number of aromatic nitrogens is 1. The van der Waals surface area contributed by atoms with Crippen molar-refractivity contribution < 1.29 is 13.2 Å². The summed E-state index contributed by atoms with van der Waals surface area (Å²) >= 11 is 3.32. The van der Waals surface area contributed by atoms with Crippen LogP contribution >= 0.6 is 15.9 Å². The highest BCUT2D eigenvalue weighted by molar-refractivity contribution is 9.10. The van der Waals surface area contributed by atoms with Crippen LogP contribution in [0.5, 0.6) is 0 Å². The first-order valence-corrected chi connectivity index (χ1v) is 11.3. The standard InChI is InChI=1S/C20H24BrN3O3S/c1-13-9-14(2)16(4)19(15(13)3)28(26,27)24-7-5-23(6-8-24)20(25)17-10-18(21)12-22-11-17/h9-12H,5-8H2,1-4H3. The molecule has 1 aliphatic heterocycles. The molecule has 150 valence electrons. The Hall–Kier alpha value is -1.77. The summed E-state index contributed by atoms with van der Waals surface area (Å²) in [5.41, 5.74) is 4.02. The van der Waals surface area contributed by atoms with Crippen LogP contribution in [0.4, 0.5) is 0 Å². The van der Waals surface area contributed by atoms with E-state index < -0.39 is 10.0 Å². The second-order valence-corrected chi connectivity index (χ2v) is 9.97. The van der Waals surface area contributed by atoms with Crippen LogP contribution in [0.1, 0.15) is 32.6 Å². The lowest BCUT2D eigenvalue weighted by molar-refractivity contribution is 0.0697. The SMILES string of the molecule is Cc1cc(C)c(C)c(S(=O)(=O)N2CCN(C(=O)c3cncc(Br)c3)CC2)c1C. The third kappa shape index (κ3) is 3.86. The van der Waals surface area contributed by atoms with Gasteiger partial charge in [-0.15, -0.1) is 0 Å². The van der Waals surface area contributed by atoms with Gasteiger partial charge in [0.25, 0.3) is 5.91 Å². The van der Waals surface area contributed by atoms with Gasteiger partial charge in [-0.1, -0.05) is 6.07 Å². The van der Waals surface area contributed by atoms with Crippen LogP contribution < -0.4 is 0 Å². The number of nitrogens with zero attached hydrogens (tertiary/aromatic N) is 3. The average molecular weight is 466 g/mol. The lowest BCUT2D eigenvalue weighted by Crippen LogP contribution is -2.50. The number of carbonyl (C=O) groups excluding carboxylic acids is 1. The number of benzene rings is 1. The van der Waals surface area contributed by atoms with Crippen molar-refractivity contribution >= 4 is 31.9 Å². The Morgan fingerprint density at radius 2 is 1.54 bits per heavy atom. The van der Waals surface area contributed by atoms with Crippen molar-refractivity contribution in [1.82, 2.24) is 14.2 Å². The Labute approximate surface area is 174 Å². The molecule has 28 heavy (non-hydrogen) atoms. The van der Waals surface area contributed by atoms with Gasteiger partial charge >= 0.3 is 0 Å². The van der Waals surface area contributed by atoms with Crippen molar-refractivity contribution in [2.75, 3.05) is 26.2 Å². The summed E-state index contributed by atoms with van der Waals surface area (Å²) in [7, 11) is -3.61. The molecular formula is C20H24BrN3O3S. The Bertz CT molecular complexity index is 1000. The predicted molar refractivity (Wildman–Crippen MR) is 112 cm³/mol. The number of pyridine rings is 1. The van der Waals surface area contributed by atoms with Gasteiger partial charge in [0.05, 0.1) is 10.5 Å². The maximum absolute atomic E-state index is 13.3. The van der Waals surface area contributed by atoms with Gasteiger partial charge < -0.3 is 4.90 Å². The number of halogens is 1. The maximum atomic E-state index is 13.3. The van der Waals surface area contributed by atoms with Gasteiger partial charge in [0.2, 0.25) is 10.0 Å². The lowest BCUT2D eigenvalue weighted by Gasteiger charge is -2.34. The summed E-state index contributed by atoms with van der Waals surface area (Å²) in [4.78, 5) is 18.8. The van der Waals surface area contributed by atoms with E-state index in [1.807, 2.05) is 33.8 Å². The molecule has 0 radical (unpaired) electrons. The molecule has 8 heteroatoms. The molecule has 2 heterocycles. The number of amides is 1. The molecule has 2 aromatic rings. The van der Waals surface area contributed by atoms with Gasteiger partial charge in [0.15, 0.2) is 0 Å². The zero-order chi connectivity index (χ0) is 20.6. The fourth-order valence-electron chi connectivity index (χ4n) is 3.54. The quantitative estimate of drug-likeness (QED) is 0.697. The van der Waals surface area contributed by atoms with E-state index in [2.05, 4.69) is 20.9 Å². The van der Waals surface area contributed by atoms with Crippen LogP contribution in [0.3, 0.4) is 0 Å². The minimum absolute atomic E-state index is 0.135. The van der Waals surface area contributed by atoms with E-state index in [0.29, 0.717) is 23.5 Å². The van der Waals surface area contributed by atoms with Gasteiger partial charge in [-0.2, -0.15) is 4.31 Å². The summed E-state index contributed by atoms with van der Waals surface area (Å²) in [5, 5.41) is 0. The summed E-state index contributed by atoms with van der Waals surface area (Å²) < 4.78 is 28.9. The molecule has 0 saturated carbocycles. The van der Waals surface area contributed by atoms with Crippen molar-refractivity contribution in [3.8, 4) is 0 Å². The highest BCUT2D eigenvalue weighted by atomic mass is 79.9. The third-order valence-electron chi connectivity index (χ3n) is 5.37. The van der Waals surface area contributed by atoms with E-state index in [0.717, 1.165) is 26.7 Å². The molecule has 0 atom stereocenters. The molecule has 0 unspecified atom stereocenters. The molecule has 1 fully saturated rings. The summed E-state index contributed by atoms with van der Waals surface area (Å²) in [6, 6.07) is 3.74. The number of hydrogen-bond donors (Lipinski definition) is 0. The number of piperazine rings is 1. The molecule has 6 nitrogen and oxygen atoms in total. The van der Waals surface area contributed by atoms with Crippen molar-refractivity contribution in [3.05, 3.63) is 56.8 Å². The molecule has 0 spiro atoms. The van der Waals surface area contributed by atoms with Gasteiger partial charge in [-0.05, 0) is 71.9 Å². The highest BCUT2D eigenvalue weighted by Gasteiger charge is 2.33. The van der Waals surface area contributed by atoms with Gasteiger partial charge in [0, 0.05) is 43.0 Å². The lowest BCUT2D eigenvalue weighted by atomic mass is 10.0. The van der Waals surface area contributed by atoms with Gasteiger partial charge in [0.1, 0.15) is 0 Å². The Kier molecular flexibility index (Phi) is 5.93. The molecule has 1 aliphatic rings. The number of hydrogen-bond acceptors (Lipinski definition) is 4. The van der Waals surface area contributed by atoms with E-state index in [9.17, 15) is 13.2 Å². The Morgan fingerprint density at radius 3 is 2.07 bits per heavy atom. The Balaban J connectivity index is 1.81. The van der Waals surface area contributed by atoms with E-state index in [1.54, 1.807) is 17.2 Å². The normalized spacial score (nSPS) is 15.7. The maximum Gasteiger partial charge on any atom is 0.255 e. The van der Waals surface area contributed by atoms with Crippen LogP contribution in [0.25, 0.3) is 0 Å². The molecule has 0 N–H and O–H groups in total. The molecule has 1 amide bonds. The minimum Gasteiger partial charge on any atom is -0.336 e. The van der Waals surface area contributed by atoms with Crippen molar-refractivity contribution in [2.24, 2.45) is 0 Å². The number of aryl methyl sites for hydroxylation is 2. The summed E-state index contributed by atoms with van der Waals surface area (Å²) in [6.07, 6.45) is 3.15. The first-order chi connectivity index (χ1) is 13.1. The number of rotatable bonds is 3. The molecule has 0 bridgehead atoms. The minimum atomic E-state index is -3.61. The monoisotopic (exact) mass is 465 g/mol. The summed E-state index contributed by atoms with van der Waals surface area (Å²) in [5.74, 6) is -0.135. The Morgan fingerprint density at radius 1 is 0.964 bits per heavy atom. The first-order valence-electron chi connectivity index (χ1n) is 9.10. The number of sulfonamides is 1. The van der Waals surface area contributed by atoms with E-state index in [4.69, 9.17) is 0 Å². The molecule has 3 rings (SSSR count). The second-order valence-electron chi connectivity index (χ2n) is 7.18. The van der Waals surface area contributed by atoms with E-state index >= 15 is 0 Å². The largest absolute Gasteiger partial charge is 0.336 e. The first kappa shape index (κ1) is 21.0. The number of carbonyl (C=O) groups is 1. The van der Waals surface area contributed by atoms with E-state index in [-0.39, 0.29) is 19.0 Å². The van der Waals surface area contributed by atoms with Crippen LogP contribution in [0.2, 0.25) is 0 Å². The van der Waals surface area contributed by atoms with Crippen LogP contribution in [-0.4, -0.2) is 54.7 Å². The van der Waals surface area contributed by atoms with Crippen molar-refractivity contribution in [1.29, 1.82) is 0 Å². The molecule has 1 aromatic heterocycles. The smallest absolute Gasteiger partial charge is 0.255 e. The van der Waals surface area contributed by atoms with Crippen LogP contribution in [0.15, 0.2) is 33.9 Å². The van der Waals surface area contributed by atoms with Crippen LogP contribution in [0, 0.1) is 27.7 Å². The fraction of sp³-hybridized carbons (Fsp3) is 0.400. The molecule has 1 aromatic carbocycles. The predicted octanol–water partition coefficient (Wildman–Crippen LogP) is 3.22. The topological polar surface area (TPSA) is 70.6 Å². The van der Waals surface area contributed by atoms with Crippen molar-refractivity contribution in [2.45, 2.75) is 32.6 Å². The van der Waals surface area contributed by atoms with Gasteiger partial charge in [-0.3, -0.25) is 9.78 Å². The third-order valence-corrected chi connectivity index (χ3v) is 7.98. The molecule has 0 aliphatic carbocycles. The van der Waals surface area contributed by atoms with E-state index in [1.165, 1.54) is 10.5 Å². The highest BCUT2D eigenvalue weighted by Crippen LogP contribution is 2.29. The van der Waals surface area contributed by atoms with Crippen molar-refractivity contribution in [3.63, 3.8) is 0 Å². The fourth-order valence-corrected chi connectivity index (χ4v) is 5.90. The van der Waals surface area contributed by atoms with Gasteiger partial charge in [-0.25, -0.2) is 8.42 Å². The molecular weight excluding hydrogens is 442 g/mol. The zero-order valence-electron chi connectivity index (χ0n) is 16.5.